The number of benzene rings is 2. The van der Waals surface area contributed by atoms with Gasteiger partial charge in [-0.05, 0) is 63.5 Å². The van der Waals surface area contributed by atoms with Gasteiger partial charge in [-0.1, -0.05) is 54.1 Å². The van der Waals surface area contributed by atoms with Gasteiger partial charge in [0.2, 0.25) is 0 Å². The second-order valence-corrected chi connectivity index (χ2v) is 11.2. The summed E-state index contributed by atoms with van der Waals surface area (Å²) < 4.78 is 13.0. The minimum absolute atomic E-state index is 0.0264. The topological polar surface area (TPSA) is 52.6 Å². The highest BCUT2D eigenvalue weighted by atomic mass is 32.2. The van der Waals surface area contributed by atoms with E-state index in [9.17, 15) is 9.59 Å². The van der Waals surface area contributed by atoms with Gasteiger partial charge in [0.05, 0.1) is 11.7 Å². The molecule has 0 amide bonds. The number of carbonyl (C=O) groups is 2. The van der Waals surface area contributed by atoms with Gasteiger partial charge in [0, 0.05) is 28.4 Å². The third-order valence-corrected chi connectivity index (χ3v) is 8.76. The lowest BCUT2D eigenvalue weighted by molar-refractivity contribution is -0.120. The number of hydrogen-bond acceptors (Lipinski definition) is 5. The highest BCUT2D eigenvalue weighted by Gasteiger charge is 2.57. The molecule has 182 valence electrons. The summed E-state index contributed by atoms with van der Waals surface area (Å²) in [5.74, 6) is 0.508. The quantitative estimate of drug-likeness (QED) is 0.282. The molecule has 2 bridgehead atoms. The normalized spacial score (nSPS) is 33.6. The number of allylic oxidation sites excluding steroid dienone is 2. The Bertz CT molecular complexity index is 1130. The molecule has 5 rings (SSSR count). The monoisotopic (exact) mass is 488 g/mol. The molecule has 1 fully saturated rings. The molecular formula is C30H32O4S. The van der Waals surface area contributed by atoms with E-state index in [1.807, 2.05) is 49.4 Å². The van der Waals surface area contributed by atoms with E-state index in [1.165, 1.54) is 5.57 Å². The lowest BCUT2D eigenvalue weighted by Crippen LogP contribution is -2.48. The number of thioether (sulfide) groups is 1. The zero-order valence-electron chi connectivity index (χ0n) is 20.3. The van der Waals surface area contributed by atoms with Gasteiger partial charge in [-0.25, -0.2) is 4.79 Å². The number of hydrogen-bond donors (Lipinski definition) is 0. The van der Waals surface area contributed by atoms with Crippen LogP contribution in [0.25, 0.3) is 0 Å². The molecule has 6 atom stereocenters. The molecule has 35 heavy (non-hydrogen) atoms. The minimum Gasteiger partial charge on any atom is -0.453 e. The van der Waals surface area contributed by atoms with Crippen molar-refractivity contribution in [1.29, 1.82) is 0 Å². The van der Waals surface area contributed by atoms with Gasteiger partial charge in [-0.2, -0.15) is 0 Å². The average molecular weight is 489 g/mol. The zero-order chi connectivity index (χ0) is 24.4. The zero-order valence-corrected chi connectivity index (χ0v) is 21.1. The SMILES string of the molecule is C/C1=C/CC[C@@](C)(OC(=O)c2ccccc2)[C@@H]2O[C@H](C1)[C@@H]1[C@H]2C=CC(=O)[C@H]1CSc1ccccc1. The standard InChI is InChI=1S/C30H32O4S/c1-20-10-9-17-30(2,34-29(32)21-11-5-3-6-12-21)28-23-15-16-25(31)24(27(23)26(18-20)33-28)19-35-22-13-7-4-8-14-22/h3-8,10-16,23-24,26-28H,9,17-19H2,1-2H3/b20-10-/t23-,24-,26-,27-,28-,30-/m1/s1. The molecule has 2 aromatic rings. The van der Waals surface area contributed by atoms with Crippen molar-refractivity contribution in [2.75, 3.05) is 5.75 Å². The predicted octanol–water partition coefficient (Wildman–Crippen LogP) is 6.28. The molecule has 5 heteroatoms. The van der Waals surface area contributed by atoms with Crippen LogP contribution in [0.3, 0.4) is 0 Å². The molecular weight excluding hydrogens is 456 g/mol. The molecule has 0 aromatic heterocycles. The average Bonchev–Trinajstić information content (AvgIpc) is 3.25. The van der Waals surface area contributed by atoms with Crippen molar-refractivity contribution < 1.29 is 19.1 Å². The lowest BCUT2D eigenvalue weighted by atomic mass is 9.69. The second-order valence-electron chi connectivity index (χ2n) is 10.1. The maximum absolute atomic E-state index is 13.1. The molecule has 2 aromatic carbocycles. The van der Waals surface area contributed by atoms with Crippen molar-refractivity contribution in [3.63, 3.8) is 0 Å². The molecule has 0 radical (unpaired) electrons. The van der Waals surface area contributed by atoms with Gasteiger partial charge in [-0.3, -0.25) is 4.79 Å². The largest absolute Gasteiger partial charge is 0.453 e. The fourth-order valence-corrected chi connectivity index (χ4v) is 6.94. The van der Waals surface area contributed by atoms with Gasteiger partial charge in [-0.15, -0.1) is 11.8 Å². The van der Waals surface area contributed by atoms with Crippen molar-refractivity contribution in [3.8, 4) is 0 Å². The Morgan fingerprint density at radius 1 is 1.11 bits per heavy atom. The summed E-state index contributed by atoms with van der Waals surface area (Å²) in [6.45, 7) is 4.14. The van der Waals surface area contributed by atoms with E-state index in [0.717, 1.165) is 17.7 Å². The van der Waals surface area contributed by atoms with Gasteiger partial charge in [0.25, 0.3) is 0 Å². The van der Waals surface area contributed by atoms with Gasteiger partial charge >= 0.3 is 5.97 Å². The smallest absolute Gasteiger partial charge is 0.338 e. The Kier molecular flexibility index (Phi) is 6.99. The first kappa shape index (κ1) is 24.1. The van der Waals surface area contributed by atoms with E-state index < -0.39 is 5.60 Å². The van der Waals surface area contributed by atoms with E-state index in [2.05, 4.69) is 25.1 Å². The second kappa shape index (κ2) is 10.2. The molecule has 3 aliphatic rings. The van der Waals surface area contributed by atoms with Crippen LogP contribution in [0.2, 0.25) is 0 Å². The maximum Gasteiger partial charge on any atom is 0.338 e. The first-order valence-corrected chi connectivity index (χ1v) is 13.4. The molecule has 1 aliphatic carbocycles. The summed E-state index contributed by atoms with van der Waals surface area (Å²) in [6, 6.07) is 19.4. The molecule has 4 nitrogen and oxygen atoms in total. The predicted molar refractivity (Wildman–Crippen MR) is 138 cm³/mol. The molecule has 0 N–H and O–H groups in total. The summed E-state index contributed by atoms with van der Waals surface area (Å²) in [6.07, 6.45) is 7.93. The molecule has 0 unspecified atom stereocenters. The summed E-state index contributed by atoms with van der Waals surface area (Å²) in [5.41, 5.74) is 1.01. The minimum atomic E-state index is -0.798. The molecule has 2 heterocycles. The van der Waals surface area contributed by atoms with Crippen molar-refractivity contribution in [2.45, 2.75) is 55.8 Å². The van der Waals surface area contributed by atoms with Crippen LogP contribution in [0.15, 0.2) is 89.4 Å². The van der Waals surface area contributed by atoms with Crippen LogP contribution in [-0.2, 0) is 14.3 Å². The fraction of sp³-hybridized carbons (Fsp3) is 0.400. The Morgan fingerprint density at radius 3 is 2.57 bits per heavy atom. The van der Waals surface area contributed by atoms with Gasteiger partial charge in [0.15, 0.2) is 5.78 Å². The number of carbonyl (C=O) groups excluding carboxylic acids is 2. The Labute approximate surface area is 211 Å². The maximum atomic E-state index is 13.1. The van der Waals surface area contributed by atoms with E-state index in [0.29, 0.717) is 17.7 Å². The number of ketones is 1. The third-order valence-electron chi connectivity index (χ3n) is 7.62. The Balaban J connectivity index is 1.45. The Hall–Kier alpha value is -2.63. The van der Waals surface area contributed by atoms with Crippen LogP contribution >= 0.6 is 11.8 Å². The number of fused-ring (bicyclic) bond motifs is 5. The third kappa shape index (κ3) is 5.03. The molecule has 1 saturated heterocycles. The first-order valence-electron chi connectivity index (χ1n) is 12.4. The molecule has 2 aliphatic heterocycles. The van der Waals surface area contributed by atoms with Crippen molar-refractivity contribution in [2.24, 2.45) is 17.8 Å². The fourth-order valence-electron chi connectivity index (χ4n) is 5.83. The summed E-state index contributed by atoms with van der Waals surface area (Å²) in [7, 11) is 0. The van der Waals surface area contributed by atoms with Crippen molar-refractivity contribution >= 4 is 23.5 Å². The van der Waals surface area contributed by atoms with Crippen LogP contribution in [-0.4, -0.2) is 35.3 Å². The van der Waals surface area contributed by atoms with Crippen molar-refractivity contribution in [3.05, 3.63) is 90.0 Å². The highest BCUT2D eigenvalue weighted by molar-refractivity contribution is 7.99. The number of esters is 1. The molecule has 0 saturated carbocycles. The first-order chi connectivity index (χ1) is 16.9. The summed E-state index contributed by atoms with van der Waals surface area (Å²) >= 11 is 1.73. The van der Waals surface area contributed by atoms with Crippen LogP contribution in [0.4, 0.5) is 0 Å². The van der Waals surface area contributed by atoms with Gasteiger partial charge < -0.3 is 9.47 Å². The molecule has 0 spiro atoms. The lowest BCUT2D eigenvalue weighted by Gasteiger charge is -2.39. The van der Waals surface area contributed by atoms with Crippen molar-refractivity contribution in [1.82, 2.24) is 0 Å². The van der Waals surface area contributed by atoms with Gasteiger partial charge in [0.1, 0.15) is 11.7 Å². The van der Waals surface area contributed by atoms with E-state index in [-0.39, 0.29) is 41.7 Å². The summed E-state index contributed by atoms with van der Waals surface area (Å²) in [4.78, 5) is 27.4. The van der Waals surface area contributed by atoms with Crippen LogP contribution in [0.5, 0.6) is 0 Å². The van der Waals surface area contributed by atoms with E-state index >= 15 is 0 Å². The Morgan fingerprint density at radius 2 is 1.83 bits per heavy atom. The summed E-state index contributed by atoms with van der Waals surface area (Å²) in [5, 5.41) is 0. The highest BCUT2D eigenvalue weighted by Crippen LogP contribution is 2.50. The van der Waals surface area contributed by atoms with E-state index in [1.54, 1.807) is 30.0 Å². The van der Waals surface area contributed by atoms with E-state index in [4.69, 9.17) is 9.47 Å². The van der Waals surface area contributed by atoms with Crippen LogP contribution in [0.1, 0.15) is 43.5 Å². The van der Waals surface area contributed by atoms with Crippen LogP contribution < -0.4 is 0 Å². The van der Waals surface area contributed by atoms with Crippen LogP contribution in [0, 0.1) is 17.8 Å². The number of ether oxygens (including phenoxy) is 2. The number of rotatable bonds is 5.